The molecule has 1 unspecified atom stereocenters. The lowest BCUT2D eigenvalue weighted by molar-refractivity contribution is -0.121. The van der Waals surface area contributed by atoms with Crippen molar-refractivity contribution in [3.63, 3.8) is 0 Å². The summed E-state index contributed by atoms with van der Waals surface area (Å²) in [6, 6.07) is 7.53. The Labute approximate surface area is 149 Å². The number of likely N-dealkylation sites (tertiary alicyclic amines) is 1. The van der Waals surface area contributed by atoms with Crippen LogP contribution in [0.5, 0.6) is 0 Å². The molecule has 1 aromatic carbocycles. The summed E-state index contributed by atoms with van der Waals surface area (Å²) in [7, 11) is 0. The Kier molecular flexibility index (Phi) is 5.11. The predicted octanol–water partition coefficient (Wildman–Crippen LogP) is 4.22. The van der Waals surface area contributed by atoms with E-state index in [0.717, 1.165) is 12.8 Å². The Morgan fingerprint density at radius 2 is 2.04 bits per heavy atom. The standard InChI is InChI=1S/C17H16Cl2N2O3/c18-11-6-7-12(19)13(10-11)20-16(22)14-4-1-2-8-21(14)17(23)15-5-3-9-24-15/h3,5-7,9-10,14H,1-2,4,8H2,(H,20,22). The minimum absolute atomic E-state index is 0.232. The first-order chi connectivity index (χ1) is 11.6. The lowest BCUT2D eigenvalue weighted by atomic mass is 10.0. The average Bonchev–Trinajstić information content (AvgIpc) is 3.12. The normalized spacial score (nSPS) is 17.6. The van der Waals surface area contributed by atoms with Crippen molar-refractivity contribution in [2.75, 3.05) is 11.9 Å². The van der Waals surface area contributed by atoms with Crippen molar-refractivity contribution in [3.05, 3.63) is 52.4 Å². The summed E-state index contributed by atoms with van der Waals surface area (Å²) in [5.41, 5.74) is 0.435. The van der Waals surface area contributed by atoms with Gasteiger partial charge in [-0.05, 0) is 49.6 Å². The Morgan fingerprint density at radius 3 is 2.79 bits per heavy atom. The molecule has 2 amide bonds. The second-order valence-corrected chi connectivity index (χ2v) is 6.44. The lowest BCUT2D eigenvalue weighted by Gasteiger charge is -2.34. The van der Waals surface area contributed by atoms with Gasteiger partial charge in [0.2, 0.25) is 5.91 Å². The predicted molar refractivity (Wildman–Crippen MR) is 92.5 cm³/mol. The van der Waals surface area contributed by atoms with Gasteiger partial charge in [-0.15, -0.1) is 0 Å². The number of amides is 2. The van der Waals surface area contributed by atoms with Crippen LogP contribution >= 0.6 is 23.2 Å². The van der Waals surface area contributed by atoms with Gasteiger partial charge in [-0.3, -0.25) is 9.59 Å². The number of carbonyl (C=O) groups is 2. The van der Waals surface area contributed by atoms with Crippen LogP contribution < -0.4 is 5.32 Å². The highest BCUT2D eigenvalue weighted by Gasteiger charge is 2.33. The largest absolute Gasteiger partial charge is 0.459 e. The van der Waals surface area contributed by atoms with E-state index in [1.165, 1.54) is 6.26 Å². The molecular formula is C17H16Cl2N2O3. The molecule has 0 aliphatic carbocycles. The fraction of sp³-hybridized carbons (Fsp3) is 0.294. The fourth-order valence-electron chi connectivity index (χ4n) is 2.80. The van der Waals surface area contributed by atoms with E-state index >= 15 is 0 Å². The van der Waals surface area contributed by atoms with Crippen molar-refractivity contribution in [2.24, 2.45) is 0 Å². The van der Waals surface area contributed by atoms with E-state index in [1.807, 2.05) is 0 Å². The van der Waals surface area contributed by atoms with Gasteiger partial charge in [0.1, 0.15) is 6.04 Å². The van der Waals surface area contributed by atoms with Crippen LogP contribution in [0.15, 0.2) is 41.0 Å². The zero-order valence-corrected chi connectivity index (χ0v) is 14.3. The summed E-state index contributed by atoms with van der Waals surface area (Å²) >= 11 is 12.0. The third kappa shape index (κ3) is 3.57. The molecule has 2 aromatic rings. The van der Waals surface area contributed by atoms with Gasteiger partial charge in [-0.25, -0.2) is 0 Å². The van der Waals surface area contributed by atoms with Gasteiger partial charge in [0.05, 0.1) is 17.0 Å². The van der Waals surface area contributed by atoms with Crippen molar-refractivity contribution in [1.29, 1.82) is 0 Å². The Hall–Kier alpha value is -1.98. The van der Waals surface area contributed by atoms with Crippen molar-refractivity contribution >= 4 is 40.7 Å². The summed E-state index contributed by atoms with van der Waals surface area (Å²) in [5.74, 6) is -0.327. The molecule has 7 heteroatoms. The van der Waals surface area contributed by atoms with E-state index in [-0.39, 0.29) is 17.6 Å². The zero-order chi connectivity index (χ0) is 17.1. The maximum absolute atomic E-state index is 12.7. The van der Waals surface area contributed by atoms with Crippen LogP contribution in [0.2, 0.25) is 10.0 Å². The maximum Gasteiger partial charge on any atom is 0.290 e. The van der Waals surface area contributed by atoms with Crippen LogP contribution in [0.4, 0.5) is 5.69 Å². The minimum atomic E-state index is -0.564. The smallest absolute Gasteiger partial charge is 0.290 e. The van der Waals surface area contributed by atoms with Crippen LogP contribution in [-0.4, -0.2) is 29.3 Å². The Bertz CT molecular complexity index is 746. The van der Waals surface area contributed by atoms with Gasteiger partial charge >= 0.3 is 0 Å². The minimum Gasteiger partial charge on any atom is -0.459 e. The molecule has 1 N–H and O–H groups in total. The first-order valence-corrected chi connectivity index (χ1v) is 8.42. The van der Waals surface area contributed by atoms with Gasteiger partial charge < -0.3 is 14.6 Å². The number of nitrogens with zero attached hydrogens (tertiary/aromatic N) is 1. The number of nitrogens with one attached hydrogen (secondary N) is 1. The Morgan fingerprint density at radius 1 is 1.21 bits per heavy atom. The summed E-state index contributed by atoms with van der Waals surface area (Å²) in [4.78, 5) is 26.8. The molecule has 2 heterocycles. The summed E-state index contributed by atoms with van der Waals surface area (Å²) in [6.45, 7) is 0.515. The highest BCUT2D eigenvalue weighted by molar-refractivity contribution is 6.35. The highest BCUT2D eigenvalue weighted by Crippen LogP contribution is 2.27. The van der Waals surface area contributed by atoms with Crippen LogP contribution in [0.1, 0.15) is 29.8 Å². The van der Waals surface area contributed by atoms with Crippen LogP contribution in [-0.2, 0) is 4.79 Å². The number of hydrogen-bond donors (Lipinski definition) is 1. The van der Waals surface area contributed by atoms with Crippen molar-refractivity contribution in [1.82, 2.24) is 4.90 Å². The molecule has 5 nitrogen and oxygen atoms in total. The number of furan rings is 1. The molecule has 3 rings (SSSR count). The van der Waals surface area contributed by atoms with Gasteiger partial charge in [0.25, 0.3) is 5.91 Å². The molecule has 24 heavy (non-hydrogen) atoms. The van der Waals surface area contributed by atoms with Crippen molar-refractivity contribution in [2.45, 2.75) is 25.3 Å². The summed E-state index contributed by atoms with van der Waals surface area (Å²) < 4.78 is 5.17. The fourth-order valence-corrected chi connectivity index (χ4v) is 3.14. The van der Waals surface area contributed by atoms with E-state index in [2.05, 4.69) is 5.32 Å². The van der Waals surface area contributed by atoms with E-state index in [4.69, 9.17) is 27.6 Å². The van der Waals surface area contributed by atoms with E-state index in [0.29, 0.717) is 28.7 Å². The van der Waals surface area contributed by atoms with Crippen LogP contribution in [0.25, 0.3) is 0 Å². The number of rotatable bonds is 3. The molecular weight excluding hydrogens is 351 g/mol. The quantitative estimate of drug-likeness (QED) is 0.884. The number of benzene rings is 1. The maximum atomic E-state index is 12.7. The third-order valence-electron chi connectivity index (χ3n) is 3.98. The third-order valence-corrected chi connectivity index (χ3v) is 4.55. The molecule has 1 atom stereocenters. The van der Waals surface area contributed by atoms with Crippen molar-refractivity contribution in [3.8, 4) is 0 Å². The number of hydrogen-bond acceptors (Lipinski definition) is 3. The molecule has 1 aromatic heterocycles. The van der Waals surface area contributed by atoms with Crippen molar-refractivity contribution < 1.29 is 14.0 Å². The number of halogens is 2. The molecule has 0 saturated carbocycles. The molecule has 0 spiro atoms. The highest BCUT2D eigenvalue weighted by atomic mass is 35.5. The van der Waals surface area contributed by atoms with Crippen LogP contribution in [0.3, 0.4) is 0 Å². The lowest BCUT2D eigenvalue weighted by Crippen LogP contribution is -2.49. The molecule has 1 aliphatic rings. The molecule has 1 fully saturated rings. The van der Waals surface area contributed by atoms with Gasteiger partial charge in [-0.2, -0.15) is 0 Å². The monoisotopic (exact) mass is 366 g/mol. The second-order valence-electron chi connectivity index (χ2n) is 5.60. The Balaban J connectivity index is 1.78. The SMILES string of the molecule is O=C(Nc1cc(Cl)ccc1Cl)C1CCCCN1C(=O)c1ccco1. The van der Waals surface area contributed by atoms with Crippen LogP contribution in [0, 0.1) is 0 Å². The average molecular weight is 367 g/mol. The topological polar surface area (TPSA) is 62.6 Å². The number of carbonyl (C=O) groups excluding carboxylic acids is 2. The molecule has 0 radical (unpaired) electrons. The van der Waals surface area contributed by atoms with Gasteiger partial charge in [-0.1, -0.05) is 23.2 Å². The zero-order valence-electron chi connectivity index (χ0n) is 12.8. The van der Waals surface area contributed by atoms with Gasteiger partial charge in [0.15, 0.2) is 5.76 Å². The van der Waals surface area contributed by atoms with E-state index < -0.39 is 6.04 Å². The number of piperidine rings is 1. The second kappa shape index (κ2) is 7.28. The number of anilines is 1. The van der Waals surface area contributed by atoms with E-state index in [9.17, 15) is 9.59 Å². The summed E-state index contributed by atoms with van der Waals surface area (Å²) in [5, 5.41) is 3.64. The molecule has 1 saturated heterocycles. The first kappa shape index (κ1) is 16.9. The molecule has 0 bridgehead atoms. The first-order valence-electron chi connectivity index (χ1n) is 7.66. The van der Waals surface area contributed by atoms with E-state index in [1.54, 1.807) is 35.2 Å². The summed E-state index contributed by atoms with van der Waals surface area (Å²) in [6.07, 6.45) is 3.77. The molecule has 126 valence electrons. The van der Waals surface area contributed by atoms with Gasteiger partial charge in [0, 0.05) is 11.6 Å². The molecule has 1 aliphatic heterocycles.